The summed E-state index contributed by atoms with van der Waals surface area (Å²) < 4.78 is 0. The van der Waals surface area contributed by atoms with Crippen LogP contribution in [0.25, 0.3) is 0 Å². The summed E-state index contributed by atoms with van der Waals surface area (Å²) in [4.78, 5) is 0. The van der Waals surface area contributed by atoms with Gasteiger partial charge in [0.2, 0.25) is 0 Å². The number of nitrogens with one attached hydrogen (secondary N) is 1. The average Bonchev–Trinajstić information content (AvgIpc) is 2.25. The van der Waals surface area contributed by atoms with E-state index in [1.165, 1.54) is 24.8 Å². The normalized spacial score (nSPS) is 14.9. The Morgan fingerprint density at radius 2 is 1.93 bits per heavy atom. The molecule has 1 nitrogen and oxygen atoms in total. The van der Waals surface area contributed by atoms with E-state index in [-0.39, 0.29) is 0 Å². The Balaban J connectivity index is 3.99. The van der Waals surface area contributed by atoms with Gasteiger partial charge in [0, 0.05) is 6.04 Å². The van der Waals surface area contributed by atoms with Crippen molar-refractivity contribution in [2.45, 2.75) is 65.8 Å². The van der Waals surface area contributed by atoms with Crippen LogP contribution >= 0.6 is 0 Å². The van der Waals surface area contributed by atoms with Crippen molar-refractivity contribution in [3.63, 3.8) is 0 Å². The Labute approximate surface area is 96.3 Å². The predicted molar refractivity (Wildman–Crippen MR) is 70.2 cm³/mol. The van der Waals surface area contributed by atoms with E-state index >= 15 is 0 Å². The van der Waals surface area contributed by atoms with Crippen LogP contribution in [-0.4, -0.2) is 12.6 Å². The highest BCUT2D eigenvalue weighted by molar-refractivity contribution is 4.96. The molecule has 0 amide bonds. The lowest BCUT2D eigenvalue weighted by Crippen LogP contribution is -2.31. The first-order valence-corrected chi connectivity index (χ1v) is 6.53. The molecule has 1 heteroatoms. The molecule has 90 valence electrons. The molecule has 0 bridgehead atoms. The maximum atomic E-state index is 4.11. The Morgan fingerprint density at radius 1 is 1.27 bits per heavy atom. The molecule has 0 aromatic rings. The standard InChI is InChI=1S/C14H29N/c1-6-9-15-14(10-12(4)7-2)11-13(5)8-3/h13-15H,4,6-11H2,1-3,5H3. The fraction of sp³-hybridized carbons (Fsp3) is 0.857. The molecule has 0 heterocycles. The quantitative estimate of drug-likeness (QED) is 0.565. The predicted octanol–water partition coefficient (Wildman–Crippen LogP) is 4.15. The Hall–Kier alpha value is -0.300. The van der Waals surface area contributed by atoms with Crippen LogP contribution in [0.15, 0.2) is 12.2 Å². The molecule has 0 rings (SSSR count). The molecule has 2 atom stereocenters. The van der Waals surface area contributed by atoms with Crippen LogP contribution in [0, 0.1) is 5.92 Å². The molecule has 2 unspecified atom stereocenters. The third-order valence-corrected chi connectivity index (χ3v) is 3.10. The topological polar surface area (TPSA) is 12.0 Å². The van der Waals surface area contributed by atoms with Gasteiger partial charge in [-0.1, -0.05) is 46.3 Å². The van der Waals surface area contributed by atoms with Crippen molar-refractivity contribution in [3.05, 3.63) is 12.2 Å². The minimum atomic E-state index is 0.646. The van der Waals surface area contributed by atoms with Crippen LogP contribution in [0.2, 0.25) is 0 Å². The zero-order valence-corrected chi connectivity index (χ0v) is 11.1. The molecule has 15 heavy (non-hydrogen) atoms. The third-order valence-electron chi connectivity index (χ3n) is 3.10. The first-order chi connectivity index (χ1) is 7.13. The van der Waals surface area contributed by atoms with E-state index in [2.05, 4.69) is 39.6 Å². The van der Waals surface area contributed by atoms with E-state index in [0.29, 0.717) is 6.04 Å². The fourth-order valence-electron chi connectivity index (χ4n) is 1.73. The molecule has 0 aromatic carbocycles. The van der Waals surface area contributed by atoms with Crippen molar-refractivity contribution in [2.75, 3.05) is 6.54 Å². The SMILES string of the molecule is C=C(CC)CC(CC(C)CC)NCCC. The van der Waals surface area contributed by atoms with Gasteiger partial charge in [-0.25, -0.2) is 0 Å². The van der Waals surface area contributed by atoms with Gasteiger partial charge < -0.3 is 5.32 Å². The summed E-state index contributed by atoms with van der Waals surface area (Å²) in [5, 5.41) is 3.64. The summed E-state index contributed by atoms with van der Waals surface area (Å²) in [6.45, 7) is 14.3. The van der Waals surface area contributed by atoms with E-state index in [1.807, 2.05) is 0 Å². The molecule has 0 saturated heterocycles. The average molecular weight is 211 g/mol. The Bertz CT molecular complexity index is 163. The van der Waals surface area contributed by atoms with Crippen molar-refractivity contribution in [1.29, 1.82) is 0 Å². The van der Waals surface area contributed by atoms with Crippen molar-refractivity contribution in [1.82, 2.24) is 5.32 Å². The fourth-order valence-corrected chi connectivity index (χ4v) is 1.73. The van der Waals surface area contributed by atoms with E-state index in [9.17, 15) is 0 Å². The van der Waals surface area contributed by atoms with E-state index in [0.717, 1.165) is 25.3 Å². The first kappa shape index (κ1) is 14.7. The van der Waals surface area contributed by atoms with E-state index in [1.54, 1.807) is 0 Å². The monoisotopic (exact) mass is 211 g/mol. The molecule has 0 aliphatic carbocycles. The molecule has 0 aromatic heterocycles. The maximum Gasteiger partial charge on any atom is 0.0107 e. The minimum Gasteiger partial charge on any atom is -0.314 e. The lowest BCUT2D eigenvalue weighted by atomic mass is 9.94. The summed E-state index contributed by atoms with van der Waals surface area (Å²) in [6.07, 6.45) is 6.06. The molecule has 0 radical (unpaired) electrons. The third kappa shape index (κ3) is 7.61. The summed E-state index contributed by atoms with van der Waals surface area (Å²) in [5.74, 6) is 0.823. The molecular formula is C14H29N. The first-order valence-electron chi connectivity index (χ1n) is 6.53. The van der Waals surface area contributed by atoms with Gasteiger partial charge in [0.1, 0.15) is 0 Å². The van der Waals surface area contributed by atoms with E-state index < -0.39 is 0 Å². The highest BCUT2D eigenvalue weighted by Crippen LogP contribution is 2.16. The van der Waals surface area contributed by atoms with Crippen LogP contribution in [0.3, 0.4) is 0 Å². The molecule has 0 aliphatic heterocycles. The second-order valence-electron chi connectivity index (χ2n) is 4.71. The molecule has 1 N–H and O–H groups in total. The van der Waals surface area contributed by atoms with Gasteiger partial charge in [-0.15, -0.1) is 0 Å². The van der Waals surface area contributed by atoms with Crippen molar-refractivity contribution in [3.8, 4) is 0 Å². The highest BCUT2D eigenvalue weighted by atomic mass is 14.9. The zero-order chi connectivity index (χ0) is 11.7. The van der Waals surface area contributed by atoms with E-state index in [4.69, 9.17) is 0 Å². The molecule has 0 aliphatic rings. The lowest BCUT2D eigenvalue weighted by molar-refractivity contribution is 0.389. The van der Waals surface area contributed by atoms with Gasteiger partial charge in [0.15, 0.2) is 0 Å². The van der Waals surface area contributed by atoms with Gasteiger partial charge in [0.25, 0.3) is 0 Å². The molecular weight excluding hydrogens is 182 g/mol. The molecule has 0 fully saturated rings. The van der Waals surface area contributed by atoms with Crippen LogP contribution < -0.4 is 5.32 Å². The lowest BCUT2D eigenvalue weighted by Gasteiger charge is -2.22. The van der Waals surface area contributed by atoms with Gasteiger partial charge in [-0.2, -0.15) is 0 Å². The van der Waals surface area contributed by atoms with Gasteiger partial charge in [-0.05, 0) is 38.1 Å². The summed E-state index contributed by atoms with van der Waals surface area (Å²) in [5.41, 5.74) is 1.38. The summed E-state index contributed by atoms with van der Waals surface area (Å²) in [6, 6.07) is 0.646. The Kier molecular flexibility index (Phi) is 8.79. The number of hydrogen-bond acceptors (Lipinski definition) is 1. The maximum absolute atomic E-state index is 4.11. The second kappa shape index (κ2) is 8.96. The van der Waals surface area contributed by atoms with Gasteiger partial charge in [0.05, 0.1) is 0 Å². The summed E-state index contributed by atoms with van der Waals surface area (Å²) in [7, 11) is 0. The van der Waals surface area contributed by atoms with Crippen molar-refractivity contribution in [2.24, 2.45) is 5.92 Å². The van der Waals surface area contributed by atoms with Crippen LogP contribution in [-0.2, 0) is 0 Å². The smallest absolute Gasteiger partial charge is 0.0107 e. The van der Waals surface area contributed by atoms with Crippen LogP contribution in [0.1, 0.15) is 59.8 Å². The van der Waals surface area contributed by atoms with Crippen molar-refractivity contribution < 1.29 is 0 Å². The highest BCUT2D eigenvalue weighted by Gasteiger charge is 2.12. The van der Waals surface area contributed by atoms with Crippen LogP contribution in [0.4, 0.5) is 0 Å². The van der Waals surface area contributed by atoms with Gasteiger partial charge in [-0.3, -0.25) is 0 Å². The number of hydrogen-bond donors (Lipinski definition) is 1. The zero-order valence-electron chi connectivity index (χ0n) is 11.1. The molecule has 0 spiro atoms. The van der Waals surface area contributed by atoms with Crippen molar-refractivity contribution >= 4 is 0 Å². The van der Waals surface area contributed by atoms with Gasteiger partial charge >= 0.3 is 0 Å². The Morgan fingerprint density at radius 3 is 2.40 bits per heavy atom. The number of rotatable bonds is 9. The summed E-state index contributed by atoms with van der Waals surface area (Å²) >= 11 is 0. The second-order valence-corrected chi connectivity index (χ2v) is 4.71. The van der Waals surface area contributed by atoms with Crippen LogP contribution in [0.5, 0.6) is 0 Å². The molecule has 0 saturated carbocycles. The minimum absolute atomic E-state index is 0.646. The largest absolute Gasteiger partial charge is 0.314 e.